The number of carbonyl (C=O) groups is 1. The van der Waals surface area contributed by atoms with E-state index in [2.05, 4.69) is 28.5 Å². The van der Waals surface area contributed by atoms with Crippen molar-refractivity contribution in [2.45, 2.75) is 12.2 Å². The second-order valence-corrected chi connectivity index (χ2v) is 9.02. The van der Waals surface area contributed by atoms with Gasteiger partial charge in [0.1, 0.15) is 4.38 Å². The predicted octanol–water partition coefficient (Wildman–Crippen LogP) is 5.87. The molecule has 0 unspecified atom stereocenters. The fourth-order valence-electron chi connectivity index (χ4n) is 3.21. The van der Waals surface area contributed by atoms with Crippen molar-refractivity contribution in [3.63, 3.8) is 0 Å². The van der Waals surface area contributed by atoms with E-state index in [1.54, 1.807) is 23.5 Å². The Morgan fingerprint density at radius 3 is 2.45 bits per heavy atom. The number of rotatable bonds is 6. The first-order valence-electron chi connectivity index (χ1n) is 9.61. The highest BCUT2D eigenvalue weighted by atomic mass is 32.2. The summed E-state index contributed by atoms with van der Waals surface area (Å²) >= 11 is 3.51. The Balaban J connectivity index is 1.50. The molecule has 0 spiro atoms. The molecule has 3 aromatic carbocycles. The number of carbonyl (C=O) groups excluding carboxylic acids is 1. The maximum atomic E-state index is 13.1. The molecule has 1 aliphatic heterocycles. The van der Waals surface area contributed by atoms with Gasteiger partial charge in [0.05, 0.1) is 6.54 Å². The van der Waals surface area contributed by atoms with Crippen LogP contribution >= 0.6 is 23.5 Å². The summed E-state index contributed by atoms with van der Waals surface area (Å²) in [5.41, 5.74) is 4.94. The van der Waals surface area contributed by atoms with Crippen LogP contribution in [-0.4, -0.2) is 22.6 Å². The van der Waals surface area contributed by atoms with Gasteiger partial charge in [0.15, 0.2) is 0 Å². The highest BCUT2D eigenvalue weighted by Gasteiger charge is 2.15. The standard InChI is InChI=1S/C24H22N2OS2/c27-23(21-12-6-4-11-20(21)17-29-24-25-14-15-28-24)26-22-13-7-5-10-19(22)16-18-8-2-1-3-9-18/h1-13H,14-17H2,(H,26,27). The topological polar surface area (TPSA) is 41.5 Å². The largest absolute Gasteiger partial charge is 0.322 e. The van der Waals surface area contributed by atoms with Crippen LogP contribution in [0.15, 0.2) is 83.9 Å². The molecule has 0 atom stereocenters. The molecule has 29 heavy (non-hydrogen) atoms. The van der Waals surface area contributed by atoms with E-state index in [1.807, 2.05) is 60.7 Å². The summed E-state index contributed by atoms with van der Waals surface area (Å²) in [6.45, 7) is 0.896. The highest BCUT2D eigenvalue weighted by molar-refractivity contribution is 8.38. The Labute approximate surface area is 180 Å². The Bertz CT molecular complexity index is 1020. The molecule has 3 aromatic rings. The van der Waals surface area contributed by atoms with Gasteiger partial charge in [-0.15, -0.1) is 0 Å². The Hall–Kier alpha value is -2.50. The molecule has 3 nitrogen and oxygen atoms in total. The molecule has 0 radical (unpaired) electrons. The Kier molecular flexibility index (Phi) is 6.70. The first-order valence-corrected chi connectivity index (χ1v) is 11.6. The van der Waals surface area contributed by atoms with Crippen LogP contribution in [0.4, 0.5) is 5.69 Å². The summed E-state index contributed by atoms with van der Waals surface area (Å²) < 4.78 is 1.12. The molecule has 1 aliphatic rings. The summed E-state index contributed by atoms with van der Waals surface area (Å²) in [7, 11) is 0. The summed E-state index contributed by atoms with van der Waals surface area (Å²) in [6.07, 6.45) is 0.784. The summed E-state index contributed by atoms with van der Waals surface area (Å²) in [5, 5.41) is 3.13. The van der Waals surface area contributed by atoms with Crippen LogP contribution in [0.2, 0.25) is 0 Å². The van der Waals surface area contributed by atoms with Crippen LogP contribution in [0, 0.1) is 0 Å². The molecule has 1 N–H and O–H groups in total. The van der Waals surface area contributed by atoms with E-state index < -0.39 is 0 Å². The molecular formula is C24H22N2OS2. The second kappa shape index (κ2) is 9.81. The third-order valence-electron chi connectivity index (χ3n) is 4.67. The quantitative estimate of drug-likeness (QED) is 0.545. The number of amides is 1. The van der Waals surface area contributed by atoms with Crippen LogP contribution in [0.5, 0.6) is 0 Å². The first-order chi connectivity index (χ1) is 14.3. The zero-order valence-electron chi connectivity index (χ0n) is 16.0. The minimum absolute atomic E-state index is 0.0669. The van der Waals surface area contributed by atoms with Crippen LogP contribution in [-0.2, 0) is 12.2 Å². The average molecular weight is 419 g/mol. The summed E-state index contributed by atoms with van der Waals surface area (Å²) in [5.74, 6) is 1.74. The molecule has 4 rings (SSSR count). The van der Waals surface area contributed by atoms with Gasteiger partial charge in [-0.2, -0.15) is 0 Å². The molecule has 5 heteroatoms. The summed E-state index contributed by atoms with van der Waals surface area (Å²) in [4.78, 5) is 17.6. The van der Waals surface area contributed by atoms with Crippen molar-refractivity contribution in [1.29, 1.82) is 0 Å². The van der Waals surface area contributed by atoms with Crippen molar-refractivity contribution in [1.82, 2.24) is 0 Å². The number of nitrogens with one attached hydrogen (secondary N) is 1. The van der Waals surface area contributed by atoms with E-state index in [-0.39, 0.29) is 5.91 Å². The van der Waals surface area contributed by atoms with Gasteiger partial charge in [-0.25, -0.2) is 0 Å². The van der Waals surface area contributed by atoms with E-state index in [0.29, 0.717) is 0 Å². The van der Waals surface area contributed by atoms with E-state index in [0.717, 1.165) is 51.2 Å². The van der Waals surface area contributed by atoms with E-state index in [9.17, 15) is 4.79 Å². The number of aliphatic imine (C=N–C) groups is 1. The fourth-order valence-corrected chi connectivity index (χ4v) is 5.22. The van der Waals surface area contributed by atoms with Gasteiger partial charge in [-0.3, -0.25) is 9.79 Å². The number of para-hydroxylation sites is 1. The van der Waals surface area contributed by atoms with Crippen LogP contribution in [0.3, 0.4) is 0 Å². The third kappa shape index (κ3) is 5.31. The van der Waals surface area contributed by atoms with Crippen molar-refractivity contribution in [2.75, 3.05) is 17.6 Å². The lowest BCUT2D eigenvalue weighted by atomic mass is 10.0. The number of benzene rings is 3. The SMILES string of the molecule is O=C(Nc1ccccc1Cc1ccccc1)c1ccccc1CSC1=NCCS1. The molecule has 0 fully saturated rings. The molecule has 146 valence electrons. The molecule has 0 saturated carbocycles. The third-order valence-corrected chi connectivity index (χ3v) is 6.98. The molecule has 0 aromatic heterocycles. The Morgan fingerprint density at radius 2 is 1.66 bits per heavy atom. The lowest BCUT2D eigenvalue weighted by molar-refractivity contribution is 0.102. The number of hydrogen-bond donors (Lipinski definition) is 1. The van der Waals surface area contributed by atoms with E-state index >= 15 is 0 Å². The monoisotopic (exact) mass is 418 g/mol. The van der Waals surface area contributed by atoms with Gasteiger partial charge in [0.2, 0.25) is 0 Å². The van der Waals surface area contributed by atoms with Gasteiger partial charge in [0.25, 0.3) is 5.91 Å². The van der Waals surface area contributed by atoms with Gasteiger partial charge in [0, 0.05) is 22.8 Å². The van der Waals surface area contributed by atoms with Crippen molar-refractivity contribution in [3.8, 4) is 0 Å². The van der Waals surface area contributed by atoms with Gasteiger partial charge in [-0.1, -0.05) is 90.3 Å². The van der Waals surface area contributed by atoms with Crippen LogP contribution in [0.1, 0.15) is 27.0 Å². The zero-order valence-corrected chi connectivity index (χ0v) is 17.6. The van der Waals surface area contributed by atoms with Gasteiger partial charge < -0.3 is 5.32 Å². The first kappa shape index (κ1) is 19.8. The molecule has 0 saturated heterocycles. The van der Waals surface area contributed by atoms with Crippen LogP contribution < -0.4 is 5.32 Å². The van der Waals surface area contributed by atoms with Crippen molar-refractivity contribution in [2.24, 2.45) is 4.99 Å². The Morgan fingerprint density at radius 1 is 0.931 bits per heavy atom. The lowest BCUT2D eigenvalue weighted by Crippen LogP contribution is -2.15. The van der Waals surface area contributed by atoms with E-state index in [4.69, 9.17) is 0 Å². The predicted molar refractivity (Wildman–Crippen MR) is 126 cm³/mol. The maximum Gasteiger partial charge on any atom is 0.255 e. The molecule has 1 heterocycles. The number of anilines is 1. The number of hydrogen-bond acceptors (Lipinski definition) is 4. The highest BCUT2D eigenvalue weighted by Crippen LogP contribution is 2.27. The molecular weight excluding hydrogens is 396 g/mol. The fraction of sp³-hybridized carbons (Fsp3) is 0.167. The minimum atomic E-state index is -0.0669. The van der Waals surface area contributed by atoms with Crippen LogP contribution in [0.25, 0.3) is 0 Å². The van der Waals surface area contributed by atoms with Crippen molar-refractivity contribution in [3.05, 3.63) is 101 Å². The number of thioether (sulfide) groups is 2. The zero-order chi connectivity index (χ0) is 19.9. The second-order valence-electron chi connectivity index (χ2n) is 6.72. The smallest absolute Gasteiger partial charge is 0.255 e. The molecule has 1 amide bonds. The normalized spacial score (nSPS) is 13.2. The molecule has 0 aliphatic carbocycles. The summed E-state index contributed by atoms with van der Waals surface area (Å²) in [6, 6.07) is 26.1. The van der Waals surface area contributed by atoms with E-state index in [1.165, 1.54) is 5.56 Å². The van der Waals surface area contributed by atoms with Gasteiger partial charge in [-0.05, 0) is 35.2 Å². The number of nitrogens with zero attached hydrogens (tertiary/aromatic N) is 1. The molecule has 0 bridgehead atoms. The average Bonchev–Trinajstić information content (AvgIpc) is 3.28. The minimum Gasteiger partial charge on any atom is -0.322 e. The maximum absolute atomic E-state index is 13.1. The van der Waals surface area contributed by atoms with Gasteiger partial charge >= 0.3 is 0 Å². The van der Waals surface area contributed by atoms with Crippen molar-refractivity contribution < 1.29 is 4.79 Å². The van der Waals surface area contributed by atoms with Crippen molar-refractivity contribution >= 4 is 39.5 Å². The lowest BCUT2D eigenvalue weighted by Gasteiger charge is -2.13.